The number of aromatic nitrogens is 2. The quantitative estimate of drug-likeness (QED) is 0.799. The SMILES string of the molecule is Cc1[nH]ncc1CN[C@@H]1CCCC[C@H]1C. The van der Waals surface area contributed by atoms with E-state index in [0.717, 1.165) is 12.5 Å². The summed E-state index contributed by atoms with van der Waals surface area (Å²) in [7, 11) is 0. The summed E-state index contributed by atoms with van der Waals surface area (Å²) in [6.45, 7) is 5.39. The molecule has 1 fully saturated rings. The molecule has 3 nitrogen and oxygen atoms in total. The molecule has 84 valence electrons. The van der Waals surface area contributed by atoms with Gasteiger partial charge in [0.15, 0.2) is 0 Å². The first-order valence-corrected chi connectivity index (χ1v) is 5.99. The van der Waals surface area contributed by atoms with Crippen molar-refractivity contribution >= 4 is 0 Å². The van der Waals surface area contributed by atoms with Gasteiger partial charge in [-0.1, -0.05) is 19.8 Å². The summed E-state index contributed by atoms with van der Waals surface area (Å²) in [4.78, 5) is 0. The molecule has 2 N–H and O–H groups in total. The van der Waals surface area contributed by atoms with E-state index in [1.54, 1.807) is 0 Å². The number of H-pyrrole nitrogens is 1. The van der Waals surface area contributed by atoms with Crippen LogP contribution in [0.3, 0.4) is 0 Å². The van der Waals surface area contributed by atoms with Crippen molar-refractivity contribution < 1.29 is 0 Å². The Hall–Kier alpha value is -0.830. The third-order valence-electron chi connectivity index (χ3n) is 3.60. The highest BCUT2D eigenvalue weighted by Gasteiger charge is 2.20. The molecule has 15 heavy (non-hydrogen) atoms. The van der Waals surface area contributed by atoms with Gasteiger partial charge in [-0.2, -0.15) is 5.10 Å². The molecule has 1 aliphatic rings. The third kappa shape index (κ3) is 2.59. The first kappa shape index (κ1) is 10.7. The molecule has 0 aromatic carbocycles. The lowest BCUT2D eigenvalue weighted by Crippen LogP contribution is -2.36. The predicted octanol–water partition coefficient (Wildman–Crippen LogP) is 2.39. The molecule has 2 atom stereocenters. The van der Waals surface area contributed by atoms with Crippen LogP contribution >= 0.6 is 0 Å². The fourth-order valence-electron chi connectivity index (χ4n) is 2.41. The number of hydrogen-bond donors (Lipinski definition) is 2. The second-order valence-corrected chi connectivity index (χ2v) is 4.77. The van der Waals surface area contributed by atoms with Gasteiger partial charge in [0.2, 0.25) is 0 Å². The highest BCUT2D eigenvalue weighted by molar-refractivity contribution is 5.13. The zero-order chi connectivity index (χ0) is 10.7. The van der Waals surface area contributed by atoms with Crippen LogP contribution in [0.5, 0.6) is 0 Å². The summed E-state index contributed by atoms with van der Waals surface area (Å²) < 4.78 is 0. The van der Waals surface area contributed by atoms with Crippen molar-refractivity contribution in [2.24, 2.45) is 5.92 Å². The Morgan fingerprint density at radius 3 is 2.93 bits per heavy atom. The van der Waals surface area contributed by atoms with Crippen LogP contribution in [-0.4, -0.2) is 16.2 Å². The number of aromatic amines is 1. The maximum absolute atomic E-state index is 4.04. The molecule has 0 bridgehead atoms. The van der Waals surface area contributed by atoms with Crippen molar-refractivity contribution in [1.29, 1.82) is 0 Å². The van der Waals surface area contributed by atoms with E-state index in [1.807, 2.05) is 6.20 Å². The van der Waals surface area contributed by atoms with Crippen LogP contribution in [-0.2, 0) is 6.54 Å². The summed E-state index contributed by atoms with van der Waals surface area (Å²) in [6.07, 6.45) is 7.42. The molecule has 3 heteroatoms. The Morgan fingerprint density at radius 1 is 1.47 bits per heavy atom. The lowest BCUT2D eigenvalue weighted by Gasteiger charge is -2.29. The van der Waals surface area contributed by atoms with E-state index in [1.165, 1.54) is 36.9 Å². The Balaban J connectivity index is 1.84. The Labute approximate surface area is 91.7 Å². The van der Waals surface area contributed by atoms with Gasteiger partial charge in [-0.05, 0) is 25.7 Å². The Bertz CT molecular complexity index is 306. The molecule has 0 amide bonds. The van der Waals surface area contributed by atoms with Crippen molar-refractivity contribution in [2.45, 2.75) is 52.1 Å². The van der Waals surface area contributed by atoms with Crippen molar-refractivity contribution in [3.8, 4) is 0 Å². The standard InChI is InChI=1S/C12H21N3/c1-9-5-3-4-6-12(9)13-7-11-8-14-15-10(11)2/h8-9,12-13H,3-7H2,1-2H3,(H,14,15)/t9-,12-/m1/s1. The smallest absolute Gasteiger partial charge is 0.0535 e. The molecule has 1 saturated carbocycles. The summed E-state index contributed by atoms with van der Waals surface area (Å²) in [5.41, 5.74) is 2.48. The van der Waals surface area contributed by atoms with Crippen molar-refractivity contribution in [3.63, 3.8) is 0 Å². The van der Waals surface area contributed by atoms with Gasteiger partial charge in [0.1, 0.15) is 0 Å². The van der Waals surface area contributed by atoms with E-state index in [-0.39, 0.29) is 0 Å². The van der Waals surface area contributed by atoms with E-state index >= 15 is 0 Å². The molecule has 0 spiro atoms. The van der Waals surface area contributed by atoms with Gasteiger partial charge < -0.3 is 5.32 Å². The van der Waals surface area contributed by atoms with Crippen LogP contribution in [0, 0.1) is 12.8 Å². The van der Waals surface area contributed by atoms with Gasteiger partial charge in [0.05, 0.1) is 6.20 Å². The molecule has 1 aromatic rings. The normalized spacial score (nSPS) is 26.8. The summed E-state index contributed by atoms with van der Waals surface area (Å²) in [5.74, 6) is 0.825. The highest BCUT2D eigenvalue weighted by atomic mass is 15.1. The Morgan fingerprint density at radius 2 is 2.27 bits per heavy atom. The van der Waals surface area contributed by atoms with E-state index < -0.39 is 0 Å². The predicted molar refractivity (Wildman–Crippen MR) is 61.6 cm³/mol. The average molecular weight is 207 g/mol. The van der Waals surface area contributed by atoms with E-state index in [4.69, 9.17) is 0 Å². The minimum atomic E-state index is 0.702. The van der Waals surface area contributed by atoms with Crippen molar-refractivity contribution in [2.75, 3.05) is 0 Å². The van der Waals surface area contributed by atoms with Crippen molar-refractivity contribution in [1.82, 2.24) is 15.5 Å². The fourth-order valence-corrected chi connectivity index (χ4v) is 2.41. The fraction of sp³-hybridized carbons (Fsp3) is 0.750. The molecule has 1 heterocycles. The molecular formula is C12H21N3. The first-order chi connectivity index (χ1) is 7.27. The van der Waals surface area contributed by atoms with Gasteiger partial charge in [-0.25, -0.2) is 0 Å². The second-order valence-electron chi connectivity index (χ2n) is 4.77. The van der Waals surface area contributed by atoms with Crippen LogP contribution < -0.4 is 5.32 Å². The first-order valence-electron chi connectivity index (χ1n) is 5.99. The second kappa shape index (κ2) is 4.79. The minimum absolute atomic E-state index is 0.702. The maximum Gasteiger partial charge on any atom is 0.0535 e. The molecule has 0 aliphatic heterocycles. The van der Waals surface area contributed by atoms with Gasteiger partial charge in [-0.3, -0.25) is 5.10 Å². The van der Waals surface area contributed by atoms with Crippen LogP contribution in [0.15, 0.2) is 6.20 Å². The molecule has 0 saturated heterocycles. The number of rotatable bonds is 3. The number of aryl methyl sites for hydroxylation is 1. The minimum Gasteiger partial charge on any atom is -0.310 e. The molecule has 0 radical (unpaired) electrons. The lowest BCUT2D eigenvalue weighted by atomic mass is 9.86. The summed E-state index contributed by atoms with van der Waals surface area (Å²) in [5, 5.41) is 10.7. The number of nitrogens with one attached hydrogen (secondary N) is 2. The number of hydrogen-bond acceptors (Lipinski definition) is 2. The zero-order valence-electron chi connectivity index (χ0n) is 9.71. The van der Waals surface area contributed by atoms with Gasteiger partial charge >= 0.3 is 0 Å². The van der Waals surface area contributed by atoms with Gasteiger partial charge in [-0.15, -0.1) is 0 Å². The highest BCUT2D eigenvalue weighted by Crippen LogP contribution is 2.24. The third-order valence-corrected chi connectivity index (χ3v) is 3.60. The van der Waals surface area contributed by atoms with E-state index in [0.29, 0.717) is 6.04 Å². The van der Waals surface area contributed by atoms with Crippen LogP contribution in [0.2, 0.25) is 0 Å². The number of nitrogens with zero attached hydrogens (tertiary/aromatic N) is 1. The van der Waals surface area contributed by atoms with Crippen LogP contribution in [0.25, 0.3) is 0 Å². The summed E-state index contributed by atoms with van der Waals surface area (Å²) >= 11 is 0. The van der Waals surface area contributed by atoms with Crippen LogP contribution in [0.1, 0.15) is 43.9 Å². The van der Waals surface area contributed by atoms with Gasteiger partial charge in [0.25, 0.3) is 0 Å². The molecule has 1 aromatic heterocycles. The molecule has 2 rings (SSSR count). The average Bonchev–Trinajstić information content (AvgIpc) is 2.63. The molecular weight excluding hydrogens is 186 g/mol. The largest absolute Gasteiger partial charge is 0.310 e. The Kier molecular flexibility index (Phi) is 3.41. The summed E-state index contributed by atoms with van der Waals surface area (Å²) in [6, 6.07) is 0.702. The van der Waals surface area contributed by atoms with E-state index in [9.17, 15) is 0 Å². The topological polar surface area (TPSA) is 40.7 Å². The van der Waals surface area contributed by atoms with Gasteiger partial charge in [0, 0.05) is 23.8 Å². The van der Waals surface area contributed by atoms with E-state index in [2.05, 4.69) is 29.4 Å². The molecule has 0 unspecified atom stereocenters. The van der Waals surface area contributed by atoms with Crippen LogP contribution in [0.4, 0.5) is 0 Å². The zero-order valence-corrected chi connectivity index (χ0v) is 9.71. The monoisotopic (exact) mass is 207 g/mol. The maximum atomic E-state index is 4.04. The molecule has 1 aliphatic carbocycles. The van der Waals surface area contributed by atoms with Crippen molar-refractivity contribution in [3.05, 3.63) is 17.5 Å². The lowest BCUT2D eigenvalue weighted by molar-refractivity contribution is 0.279.